The Labute approximate surface area is 81.4 Å². The molecule has 0 aromatic carbocycles. The zero-order chi connectivity index (χ0) is 11.8. The predicted molar refractivity (Wildman–Crippen MR) is 40.6 cm³/mol. The van der Waals surface area contributed by atoms with Crippen molar-refractivity contribution in [2.24, 2.45) is 0 Å². The number of pyridine rings is 1. The van der Waals surface area contributed by atoms with Gasteiger partial charge in [0.05, 0.1) is 0 Å². The Balaban J connectivity index is 3.44. The van der Waals surface area contributed by atoms with E-state index in [1.165, 1.54) is 0 Å². The van der Waals surface area contributed by atoms with Crippen molar-refractivity contribution in [2.45, 2.75) is 19.5 Å². The van der Waals surface area contributed by atoms with Crippen LogP contribution in [0, 0.1) is 6.92 Å². The van der Waals surface area contributed by atoms with Gasteiger partial charge >= 0.3 is 6.18 Å². The molecule has 15 heavy (non-hydrogen) atoms. The third-order valence-corrected chi connectivity index (χ3v) is 1.76. The van der Waals surface area contributed by atoms with Gasteiger partial charge < -0.3 is 5.11 Å². The number of hydrogen-bond acceptors (Lipinski definition) is 2. The van der Waals surface area contributed by atoms with Crippen molar-refractivity contribution in [3.8, 4) is 5.75 Å². The molecule has 0 radical (unpaired) electrons. The fourth-order valence-electron chi connectivity index (χ4n) is 1.12. The highest BCUT2D eigenvalue weighted by molar-refractivity contribution is 5.43. The van der Waals surface area contributed by atoms with Crippen molar-refractivity contribution in [2.75, 3.05) is 0 Å². The zero-order valence-electron chi connectivity index (χ0n) is 7.44. The minimum atomic E-state index is -4.87. The molecule has 0 spiro atoms. The third kappa shape index (κ3) is 2.16. The summed E-state index contributed by atoms with van der Waals surface area (Å²) in [5, 5.41) is 9.01. The molecule has 2 nitrogen and oxygen atoms in total. The first kappa shape index (κ1) is 11.7. The van der Waals surface area contributed by atoms with E-state index < -0.39 is 35.2 Å². The van der Waals surface area contributed by atoms with E-state index in [-0.39, 0.29) is 0 Å². The second-order valence-corrected chi connectivity index (χ2v) is 2.85. The SMILES string of the molecule is Cc1cnc(C(F)F)c(O)c1C(F)(F)F. The smallest absolute Gasteiger partial charge is 0.420 e. The van der Waals surface area contributed by atoms with Crippen LogP contribution in [-0.4, -0.2) is 10.1 Å². The molecule has 0 aliphatic rings. The Morgan fingerprint density at radius 2 is 1.87 bits per heavy atom. The summed E-state index contributed by atoms with van der Waals surface area (Å²) in [6.45, 7) is 1.03. The van der Waals surface area contributed by atoms with Crippen LogP contribution in [0.3, 0.4) is 0 Å². The van der Waals surface area contributed by atoms with Gasteiger partial charge in [-0.2, -0.15) is 13.2 Å². The molecule has 1 heterocycles. The number of hydrogen-bond donors (Lipinski definition) is 1. The highest BCUT2D eigenvalue weighted by atomic mass is 19.4. The van der Waals surface area contributed by atoms with Crippen LogP contribution in [-0.2, 0) is 6.18 Å². The number of alkyl halides is 5. The van der Waals surface area contributed by atoms with Crippen LogP contribution in [0.1, 0.15) is 23.2 Å². The van der Waals surface area contributed by atoms with Crippen LogP contribution in [0.15, 0.2) is 6.20 Å². The lowest BCUT2D eigenvalue weighted by Gasteiger charge is -2.13. The molecule has 0 amide bonds. The summed E-state index contributed by atoms with van der Waals surface area (Å²) in [6.07, 6.45) is -7.46. The molecule has 0 saturated heterocycles. The Morgan fingerprint density at radius 1 is 1.33 bits per heavy atom. The van der Waals surface area contributed by atoms with Crippen LogP contribution >= 0.6 is 0 Å². The summed E-state index contributed by atoms with van der Waals surface area (Å²) in [5.74, 6) is -1.50. The molecule has 0 aliphatic heterocycles. The quantitative estimate of drug-likeness (QED) is 0.748. The van der Waals surface area contributed by atoms with Gasteiger partial charge in [0.15, 0.2) is 5.75 Å². The molecular formula is C8H6F5NO. The Morgan fingerprint density at radius 3 is 2.27 bits per heavy atom. The first-order valence-corrected chi connectivity index (χ1v) is 3.79. The Bertz CT molecular complexity index is 374. The van der Waals surface area contributed by atoms with Gasteiger partial charge in [0.2, 0.25) is 0 Å². The van der Waals surface area contributed by atoms with Crippen LogP contribution in [0.2, 0.25) is 0 Å². The van der Waals surface area contributed by atoms with E-state index in [0.29, 0.717) is 6.20 Å². The molecule has 1 aromatic rings. The summed E-state index contributed by atoms with van der Waals surface area (Å²) in [6, 6.07) is 0. The largest absolute Gasteiger partial charge is 0.505 e. The van der Waals surface area contributed by atoms with Crippen LogP contribution in [0.25, 0.3) is 0 Å². The van der Waals surface area contributed by atoms with Gasteiger partial charge in [0, 0.05) is 6.20 Å². The molecule has 84 valence electrons. The van der Waals surface area contributed by atoms with Crippen molar-refractivity contribution in [1.29, 1.82) is 0 Å². The average molecular weight is 227 g/mol. The maximum Gasteiger partial charge on any atom is 0.420 e. The standard InChI is InChI=1S/C8H6F5NO/c1-3-2-14-5(7(9)10)6(15)4(3)8(11,12)13/h2,7,15H,1H3. The monoisotopic (exact) mass is 227 g/mol. The fourth-order valence-corrected chi connectivity index (χ4v) is 1.12. The van der Waals surface area contributed by atoms with Crippen LogP contribution in [0.5, 0.6) is 5.75 Å². The van der Waals surface area contributed by atoms with Gasteiger partial charge in [0.25, 0.3) is 6.43 Å². The number of nitrogens with zero attached hydrogens (tertiary/aromatic N) is 1. The second kappa shape index (κ2) is 3.63. The molecule has 0 saturated carbocycles. The van der Waals surface area contributed by atoms with Crippen LogP contribution in [0.4, 0.5) is 22.0 Å². The van der Waals surface area contributed by atoms with Crippen molar-refractivity contribution >= 4 is 0 Å². The van der Waals surface area contributed by atoms with Gasteiger partial charge in [-0.25, -0.2) is 8.78 Å². The summed E-state index contributed by atoms with van der Waals surface area (Å²) in [5.41, 5.74) is -3.12. The van der Waals surface area contributed by atoms with Gasteiger partial charge in [-0.1, -0.05) is 0 Å². The molecule has 0 bridgehead atoms. The number of halogens is 5. The molecule has 1 rings (SSSR count). The lowest BCUT2D eigenvalue weighted by atomic mass is 10.1. The molecule has 0 aliphatic carbocycles. The first-order chi connectivity index (χ1) is 6.75. The van der Waals surface area contributed by atoms with Crippen molar-refractivity contribution < 1.29 is 27.1 Å². The first-order valence-electron chi connectivity index (χ1n) is 3.79. The van der Waals surface area contributed by atoms with E-state index in [0.717, 1.165) is 6.92 Å². The fraction of sp³-hybridized carbons (Fsp3) is 0.375. The zero-order valence-corrected chi connectivity index (χ0v) is 7.44. The average Bonchev–Trinajstić information content (AvgIpc) is 2.00. The minimum Gasteiger partial charge on any atom is -0.505 e. The summed E-state index contributed by atoms with van der Waals surface area (Å²) >= 11 is 0. The lowest BCUT2D eigenvalue weighted by molar-refractivity contribution is -0.139. The number of aryl methyl sites for hydroxylation is 1. The molecule has 1 N–H and O–H groups in total. The number of aromatic nitrogens is 1. The lowest BCUT2D eigenvalue weighted by Crippen LogP contribution is -2.10. The summed E-state index contributed by atoms with van der Waals surface area (Å²) < 4.78 is 61.2. The van der Waals surface area contributed by atoms with Gasteiger partial charge in [0.1, 0.15) is 11.3 Å². The summed E-state index contributed by atoms with van der Waals surface area (Å²) in [4.78, 5) is 3.05. The van der Waals surface area contributed by atoms with E-state index in [1.54, 1.807) is 0 Å². The van der Waals surface area contributed by atoms with Crippen LogP contribution < -0.4 is 0 Å². The minimum absolute atomic E-state index is 0.399. The highest BCUT2D eigenvalue weighted by Crippen LogP contribution is 2.41. The normalized spacial score (nSPS) is 12.2. The van der Waals surface area contributed by atoms with E-state index in [2.05, 4.69) is 4.98 Å². The number of aromatic hydroxyl groups is 1. The van der Waals surface area contributed by atoms with Crippen molar-refractivity contribution in [3.05, 3.63) is 23.0 Å². The predicted octanol–water partition coefficient (Wildman–Crippen LogP) is 3.05. The molecule has 0 unspecified atom stereocenters. The molecule has 0 fully saturated rings. The highest BCUT2D eigenvalue weighted by Gasteiger charge is 2.38. The maximum atomic E-state index is 12.3. The Hall–Kier alpha value is -1.40. The van der Waals surface area contributed by atoms with E-state index >= 15 is 0 Å². The summed E-state index contributed by atoms with van der Waals surface area (Å²) in [7, 11) is 0. The van der Waals surface area contributed by atoms with Gasteiger partial charge in [-0.3, -0.25) is 4.98 Å². The topological polar surface area (TPSA) is 33.1 Å². The van der Waals surface area contributed by atoms with E-state index in [9.17, 15) is 22.0 Å². The Kier molecular flexibility index (Phi) is 2.83. The van der Waals surface area contributed by atoms with E-state index in [4.69, 9.17) is 5.11 Å². The van der Waals surface area contributed by atoms with Crippen molar-refractivity contribution in [3.63, 3.8) is 0 Å². The number of rotatable bonds is 1. The second-order valence-electron chi connectivity index (χ2n) is 2.85. The van der Waals surface area contributed by atoms with Gasteiger partial charge in [-0.05, 0) is 12.5 Å². The molecule has 0 atom stereocenters. The maximum absolute atomic E-state index is 12.3. The molecule has 1 aromatic heterocycles. The van der Waals surface area contributed by atoms with Crippen molar-refractivity contribution in [1.82, 2.24) is 4.98 Å². The molecular weight excluding hydrogens is 221 g/mol. The molecule has 7 heteroatoms. The van der Waals surface area contributed by atoms with Gasteiger partial charge in [-0.15, -0.1) is 0 Å². The van der Waals surface area contributed by atoms with E-state index in [1.807, 2.05) is 0 Å². The third-order valence-electron chi connectivity index (χ3n) is 1.76.